The van der Waals surface area contributed by atoms with Crippen molar-refractivity contribution in [2.45, 2.75) is 6.17 Å². The summed E-state index contributed by atoms with van der Waals surface area (Å²) in [6.45, 7) is 0. The van der Waals surface area contributed by atoms with E-state index in [9.17, 15) is 0 Å². The summed E-state index contributed by atoms with van der Waals surface area (Å²) in [4.78, 5) is 10.3. The molecule has 1 atom stereocenters. The summed E-state index contributed by atoms with van der Waals surface area (Å²) in [5.74, 6) is 1.46. The number of nitrogens with zero attached hydrogens (tertiary/aromatic N) is 3. The normalized spacial score (nSPS) is 14.7. The Kier molecular flexibility index (Phi) is 6.25. The van der Waals surface area contributed by atoms with E-state index in [1.54, 1.807) is 0 Å². The molecule has 11 rings (SSSR count). The lowest BCUT2D eigenvalue weighted by molar-refractivity contribution is 0.665. The third kappa shape index (κ3) is 4.49. The van der Waals surface area contributed by atoms with Gasteiger partial charge in [0.2, 0.25) is 0 Å². The van der Waals surface area contributed by atoms with E-state index in [-0.39, 0.29) is 6.17 Å². The van der Waals surface area contributed by atoms with Crippen LogP contribution in [-0.4, -0.2) is 16.2 Å². The fourth-order valence-corrected chi connectivity index (χ4v) is 7.90. The van der Waals surface area contributed by atoms with Gasteiger partial charge in [-0.25, -0.2) is 9.98 Å². The molecular weight excluding hydrogens is 637 g/mol. The first-order valence-corrected chi connectivity index (χ1v) is 17.6. The number of hydrogen-bond acceptors (Lipinski definition) is 4. The maximum Gasteiger partial charge on any atom is 0.159 e. The summed E-state index contributed by atoms with van der Waals surface area (Å²) in [7, 11) is 0. The van der Waals surface area contributed by atoms with E-state index in [2.05, 4.69) is 162 Å². The number of para-hydroxylation sites is 1. The summed E-state index contributed by atoms with van der Waals surface area (Å²) in [6, 6.07) is 59.8. The minimum Gasteiger partial charge on any atom is -0.455 e. The SMILES string of the molecule is c1ccc(C2=NC(c3ccc4oc5c6ccccc6ccc5c4c3)NC(c3cccc(-n4c5ccccc5c5cc6ccccc6cc54)c3)=N2)cc1. The van der Waals surface area contributed by atoms with Crippen molar-refractivity contribution in [2.75, 3.05) is 0 Å². The number of nitrogens with one attached hydrogen (secondary N) is 1. The first-order chi connectivity index (χ1) is 25.7. The summed E-state index contributed by atoms with van der Waals surface area (Å²) in [6.07, 6.45) is -0.360. The molecule has 244 valence electrons. The second-order valence-corrected chi connectivity index (χ2v) is 13.5. The van der Waals surface area contributed by atoms with Crippen molar-refractivity contribution in [3.8, 4) is 5.69 Å². The van der Waals surface area contributed by atoms with E-state index in [4.69, 9.17) is 14.4 Å². The second kappa shape index (κ2) is 11.3. The maximum atomic E-state index is 6.44. The molecule has 52 heavy (non-hydrogen) atoms. The van der Waals surface area contributed by atoms with Crippen molar-refractivity contribution in [2.24, 2.45) is 9.98 Å². The number of hydrogen-bond donors (Lipinski definition) is 1. The van der Waals surface area contributed by atoms with E-state index in [1.165, 1.54) is 32.6 Å². The third-order valence-electron chi connectivity index (χ3n) is 10.4. The number of aliphatic imine (C=N–C) groups is 2. The van der Waals surface area contributed by atoms with E-state index in [0.29, 0.717) is 5.84 Å². The molecule has 1 unspecified atom stereocenters. The fraction of sp³-hybridized carbons (Fsp3) is 0.0213. The smallest absolute Gasteiger partial charge is 0.159 e. The van der Waals surface area contributed by atoms with Crippen LogP contribution in [0.25, 0.3) is 71.0 Å². The van der Waals surface area contributed by atoms with Gasteiger partial charge in [0.05, 0.1) is 11.0 Å². The number of benzene rings is 8. The molecule has 10 aromatic rings. The van der Waals surface area contributed by atoms with Crippen molar-refractivity contribution in [3.05, 3.63) is 187 Å². The number of furan rings is 1. The quantitative estimate of drug-likeness (QED) is 0.203. The maximum absolute atomic E-state index is 6.44. The minimum absolute atomic E-state index is 0.360. The molecule has 0 amide bonds. The van der Waals surface area contributed by atoms with Gasteiger partial charge < -0.3 is 14.3 Å². The Bertz CT molecular complexity index is 3110. The number of fused-ring (bicyclic) bond motifs is 9. The Morgan fingerprint density at radius 3 is 2.13 bits per heavy atom. The van der Waals surface area contributed by atoms with Gasteiger partial charge in [-0.1, -0.05) is 121 Å². The molecule has 1 aliphatic rings. The van der Waals surface area contributed by atoms with Crippen LogP contribution in [0.2, 0.25) is 0 Å². The van der Waals surface area contributed by atoms with Crippen molar-refractivity contribution in [1.82, 2.24) is 9.88 Å². The van der Waals surface area contributed by atoms with Crippen molar-refractivity contribution in [3.63, 3.8) is 0 Å². The van der Waals surface area contributed by atoms with Crippen LogP contribution in [0.3, 0.4) is 0 Å². The monoisotopic (exact) mass is 666 g/mol. The van der Waals surface area contributed by atoms with Gasteiger partial charge >= 0.3 is 0 Å². The number of rotatable bonds is 4. The standard InChI is InChI=1S/C47H30N4O/c1-2-12-30(13-3-1)45-48-46(50-47(49-45)34-22-24-43-40(27-34)38-23-21-29-11-6-7-18-36(29)44(38)52-43)33-16-10-17-35(25-33)51-41-20-9-8-19-37(41)39-26-31-14-4-5-15-32(31)28-42(39)51/h1-28,47H,(H,48,49,50). The molecule has 0 aliphatic carbocycles. The summed E-state index contributed by atoms with van der Waals surface area (Å²) >= 11 is 0. The minimum atomic E-state index is -0.360. The van der Waals surface area contributed by atoms with Crippen LogP contribution in [0.1, 0.15) is 22.9 Å². The number of amidine groups is 2. The third-order valence-corrected chi connectivity index (χ3v) is 10.4. The topological polar surface area (TPSA) is 54.8 Å². The molecule has 0 saturated heterocycles. The Balaban J connectivity index is 1.05. The Morgan fingerprint density at radius 2 is 1.25 bits per heavy atom. The lowest BCUT2D eigenvalue weighted by Crippen LogP contribution is -2.33. The zero-order chi connectivity index (χ0) is 34.2. The summed E-state index contributed by atoms with van der Waals surface area (Å²) in [5, 5.41) is 13.1. The molecule has 0 bridgehead atoms. The molecule has 5 heteroatoms. The van der Waals surface area contributed by atoms with Crippen LogP contribution in [0, 0.1) is 0 Å². The van der Waals surface area contributed by atoms with Crippen molar-refractivity contribution >= 4 is 77.0 Å². The van der Waals surface area contributed by atoms with Gasteiger partial charge in [0.25, 0.3) is 0 Å². The van der Waals surface area contributed by atoms with Crippen LogP contribution in [-0.2, 0) is 0 Å². The molecule has 2 aromatic heterocycles. The second-order valence-electron chi connectivity index (χ2n) is 13.5. The molecule has 0 saturated carbocycles. The van der Waals surface area contributed by atoms with Crippen LogP contribution >= 0.6 is 0 Å². The predicted molar refractivity (Wildman–Crippen MR) is 215 cm³/mol. The average Bonchev–Trinajstić information content (AvgIpc) is 3.75. The first-order valence-electron chi connectivity index (χ1n) is 17.6. The largest absolute Gasteiger partial charge is 0.455 e. The van der Waals surface area contributed by atoms with Crippen LogP contribution in [0.4, 0.5) is 0 Å². The predicted octanol–water partition coefficient (Wildman–Crippen LogP) is 11.5. The van der Waals surface area contributed by atoms with Crippen molar-refractivity contribution in [1.29, 1.82) is 0 Å². The summed E-state index contributed by atoms with van der Waals surface area (Å²) in [5.41, 5.74) is 8.18. The fourth-order valence-electron chi connectivity index (χ4n) is 7.90. The molecule has 5 nitrogen and oxygen atoms in total. The van der Waals surface area contributed by atoms with Gasteiger partial charge in [-0.05, 0) is 70.3 Å². The molecule has 0 spiro atoms. The van der Waals surface area contributed by atoms with E-state index < -0.39 is 0 Å². The van der Waals surface area contributed by atoms with E-state index >= 15 is 0 Å². The van der Waals surface area contributed by atoms with E-state index in [1.807, 2.05) is 18.2 Å². The zero-order valence-electron chi connectivity index (χ0n) is 28.0. The molecule has 1 aliphatic heterocycles. The molecule has 8 aromatic carbocycles. The highest BCUT2D eigenvalue weighted by atomic mass is 16.3. The Morgan fingerprint density at radius 1 is 0.500 bits per heavy atom. The lowest BCUT2D eigenvalue weighted by atomic mass is 10.0. The lowest BCUT2D eigenvalue weighted by Gasteiger charge is -2.24. The molecular formula is C47H30N4O. The van der Waals surface area contributed by atoms with Crippen LogP contribution in [0.5, 0.6) is 0 Å². The van der Waals surface area contributed by atoms with E-state index in [0.717, 1.165) is 60.9 Å². The van der Waals surface area contributed by atoms with Gasteiger partial charge in [-0.3, -0.25) is 0 Å². The van der Waals surface area contributed by atoms with Crippen molar-refractivity contribution < 1.29 is 4.42 Å². The molecule has 1 N–H and O–H groups in total. The first kappa shape index (κ1) is 28.8. The van der Waals surface area contributed by atoms with Gasteiger partial charge in [-0.2, -0.15) is 0 Å². The summed E-state index contributed by atoms with van der Waals surface area (Å²) < 4.78 is 8.81. The Hall–Kier alpha value is -6.98. The molecule has 0 radical (unpaired) electrons. The Labute approximate surface area is 298 Å². The highest BCUT2D eigenvalue weighted by Gasteiger charge is 2.23. The zero-order valence-corrected chi connectivity index (χ0v) is 28.0. The highest BCUT2D eigenvalue weighted by molar-refractivity contribution is 6.17. The molecule has 0 fully saturated rings. The average molecular weight is 667 g/mol. The highest BCUT2D eigenvalue weighted by Crippen LogP contribution is 2.37. The van der Waals surface area contributed by atoms with Gasteiger partial charge in [0.1, 0.15) is 23.2 Å². The van der Waals surface area contributed by atoms with Crippen LogP contribution < -0.4 is 5.32 Å². The van der Waals surface area contributed by atoms with Crippen LogP contribution in [0.15, 0.2) is 184 Å². The number of aromatic nitrogens is 1. The molecule has 3 heterocycles. The van der Waals surface area contributed by atoms with Gasteiger partial charge in [-0.15, -0.1) is 0 Å². The van der Waals surface area contributed by atoms with Gasteiger partial charge in [0, 0.05) is 43.7 Å². The van der Waals surface area contributed by atoms with Gasteiger partial charge in [0.15, 0.2) is 5.84 Å².